The third-order valence-electron chi connectivity index (χ3n) is 9.27. The van der Waals surface area contributed by atoms with Crippen LogP contribution in [-0.4, -0.2) is 124 Å². The summed E-state index contributed by atoms with van der Waals surface area (Å²) in [5.74, 6) is 0.454. The molecule has 4 aliphatic heterocycles. The van der Waals surface area contributed by atoms with Crippen LogP contribution in [0, 0.1) is 0 Å². The van der Waals surface area contributed by atoms with E-state index in [-0.39, 0.29) is 49.1 Å². The van der Waals surface area contributed by atoms with Crippen molar-refractivity contribution < 1.29 is 65.4 Å². The number of phosphoric acid groups is 2. The largest absolute Gasteiger partial charge is 0.476 e. The van der Waals surface area contributed by atoms with Crippen molar-refractivity contribution in [2.75, 3.05) is 37.9 Å². The molecule has 0 aliphatic carbocycles. The smallest absolute Gasteiger partial charge is 0.475 e. The molecule has 0 spiro atoms. The van der Waals surface area contributed by atoms with Crippen LogP contribution in [0.15, 0.2) is 12.7 Å². The van der Waals surface area contributed by atoms with Crippen molar-refractivity contribution in [3.05, 3.63) is 12.7 Å². The number of imidazole rings is 2. The van der Waals surface area contributed by atoms with E-state index in [1.54, 1.807) is 27.7 Å². The van der Waals surface area contributed by atoms with Crippen molar-refractivity contribution in [3.63, 3.8) is 0 Å². The van der Waals surface area contributed by atoms with Gasteiger partial charge >= 0.3 is 15.6 Å². The van der Waals surface area contributed by atoms with E-state index in [2.05, 4.69) is 29.9 Å². The lowest BCUT2D eigenvalue weighted by Gasteiger charge is -2.35. The Hall–Kier alpha value is -3.64. The van der Waals surface area contributed by atoms with Gasteiger partial charge in [-0.3, -0.25) is 36.3 Å². The average Bonchev–Trinajstić information content (AvgIpc) is 3.86. The summed E-state index contributed by atoms with van der Waals surface area (Å²) in [6.07, 6.45) is -3.02. The van der Waals surface area contributed by atoms with Crippen LogP contribution in [0.2, 0.25) is 0 Å². The van der Waals surface area contributed by atoms with Crippen LogP contribution in [-0.2, 0) is 45.7 Å². The van der Waals surface area contributed by atoms with E-state index < -0.39 is 63.7 Å². The normalized spacial score (nSPS) is 34.6. The van der Waals surface area contributed by atoms with Crippen molar-refractivity contribution in [3.8, 4) is 11.8 Å². The molecule has 8 heterocycles. The monoisotopic (exact) mass is 858 g/mol. The van der Waals surface area contributed by atoms with Crippen LogP contribution in [0.3, 0.4) is 0 Å². The Morgan fingerprint density at radius 1 is 0.741 bits per heavy atom. The number of aliphatic hydroxyl groups is 2. The van der Waals surface area contributed by atoms with E-state index >= 15 is 0 Å². The van der Waals surface area contributed by atoms with Gasteiger partial charge in [0.25, 0.3) is 0 Å². The summed E-state index contributed by atoms with van der Waals surface area (Å²) >= 11 is 0. The van der Waals surface area contributed by atoms with Crippen LogP contribution in [0.1, 0.15) is 67.8 Å². The van der Waals surface area contributed by atoms with E-state index in [9.17, 15) is 19.3 Å². The number of hydrogen-bond donors (Lipinski definition) is 4. The summed E-state index contributed by atoms with van der Waals surface area (Å²) in [5.41, 5.74) is 9.82. The number of rotatable bonds is 10. The van der Waals surface area contributed by atoms with Gasteiger partial charge < -0.3 is 40.6 Å². The predicted molar refractivity (Wildman–Crippen MR) is 200 cm³/mol. The van der Waals surface area contributed by atoms with Gasteiger partial charge in [0.05, 0.1) is 51.3 Å². The highest BCUT2D eigenvalue weighted by molar-refractivity contribution is 7.48. The van der Waals surface area contributed by atoms with Gasteiger partial charge in [-0.05, 0) is 55.4 Å². The number of nitrogens with zero attached hydrogens (tertiary/aromatic N) is 8. The molecular formula is C32H48N10O14P2. The van der Waals surface area contributed by atoms with Crippen molar-refractivity contribution in [1.29, 1.82) is 0 Å². The molecule has 0 amide bonds. The van der Waals surface area contributed by atoms with Crippen LogP contribution in [0.4, 0.5) is 11.9 Å². The lowest BCUT2D eigenvalue weighted by molar-refractivity contribution is -0.0917. The maximum Gasteiger partial charge on any atom is 0.475 e. The third-order valence-corrected chi connectivity index (χ3v) is 12.5. The van der Waals surface area contributed by atoms with Gasteiger partial charge in [-0.15, -0.1) is 0 Å². The zero-order valence-electron chi connectivity index (χ0n) is 33.0. The second-order valence-corrected chi connectivity index (χ2v) is 17.8. The highest BCUT2D eigenvalue weighted by Crippen LogP contribution is 2.60. The second kappa shape index (κ2) is 15.8. The van der Waals surface area contributed by atoms with Crippen molar-refractivity contribution in [1.82, 2.24) is 39.0 Å². The van der Waals surface area contributed by atoms with Crippen LogP contribution in [0.5, 0.6) is 11.8 Å². The summed E-state index contributed by atoms with van der Waals surface area (Å²) in [6.45, 7) is 14.1. The number of ether oxygens (including phenoxy) is 4. The maximum absolute atomic E-state index is 12.7. The van der Waals surface area contributed by atoms with E-state index in [0.29, 0.717) is 35.5 Å². The highest BCUT2D eigenvalue weighted by Gasteiger charge is 2.62. The van der Waals surface area contributed by atoms with Crippen LogP contribution in [0.25, 0.3) is 22.3 Å². The molecule has 4 fully saturated rings. The molecule has 0 aromatic carbocycles. The molecule has 6 N–H and O–H groups in total. The standard InChI is InChI=1S/2C16H24N5O7P/c2*1-5-24-13-10-12(19-15(17)20-13)21(7-18-10)14-16(4,22)11-9(26-14)6-25-29(23,28-11)27-8(2)3/h2*7-9,11,14,22H,5-6H2,1-4H3,(H2,17,19,20)/t2*9-,11-,14-,16-,29?/m11/s1. The predicted octanol–water partition coefficient (Wildman–Crippen LogP) is 2.81. The molecule has 4 saturated heterocycles. The first kappa shape index (κ1) is 42.5. The molecule has 4 aliphatic rings. The Balaban J connectivity index is 0.000000177. The number of phosphoric ester groups is 2. The molecule has 4 aromatic rings. The molecule has 24 nitrogen and oxygen atoms in total. The minimum atomic E-state index is -3.83. The van der Waals surface area contributed by atoms with Gasteiger partial charge in [0, 0.05) is 0 Å². The summed E-state index contributed by atoms with van der Waals surface area (Å²) in [5, 5.41) is 22.5. The fraction of sp³-hybridized carbons (Fsp3) is 0.688. The van der Waals surface area contributed by atoms with E-state index in [4.69, 9.17) is 57.6 Å². The van der Waals surface area contributed by atoms with Crippen molar-refractivity contribution in [2.24, 2.45) is 0 Å². The molecule has 0 radical (unpaired) electrons. The minimum absolute atomic E-state index is 0.00725. The zero-order valence-corrected chi connectivity index (χ0v) is 34.8. The Bertz CT molecular complexity index is 2080. The van der Waals surface area contributed by atoms with Gasteiger partial charge in [0.15, 0.2) is 34.8 Å². The number of aromatic nitrogens is 8. The van der Waals surface area contributed by atoms with E-state index in [1.807, 2.05) is 13.8 Å². The lowest BCUT2D eigenvalue weighted by Crippen LogP contribution is -2.47. The number of hydrogen-bond acceptors (Lipinski definition) is 22. The molecule has 320 valence electrons. The van der Waals surface area contributed by atoms with Crippen LogP contribution >= 0.6 is 15.6 Å². The highest BCUT2D eigenvalue weighted by atomic mass is 31.2. The second-order valence-electron chi connectivity index (χ2n) is 14.6. The van der Waals surface area contributed by atoms with E-state index in [1.165, 1.54) is 35.6 Å². The molecule has 2 unspecified atom stereocenters. The van der Waals surface area contributed by atoms with Gasteiger partial charge in [0.2, 0.25) is 23.7 Å². The first-order chi connectivity index (χ1) is 27.3. The minimum Gasteiger partial charge on any atom is -0.476 e. The number of fused-ring (bicyclic) bond motifs is 4. The molecule has 0 saturated carbocycles. The number of anilines is 2. The molecular weight excluding hydrogens is 810 g/mol. The first-order valence-corrected chi connectivity index (χ1v) is 21.4. The summed E-state index contributed by atoms with van der Waals surface area (Å²) in [6, 6.07) is 0. The topological polar surface area (TPSA) is 306 Å². The summed E-state index contributed by atoms with van der Waals surface area (Å²) in [7, 11) is -7.65. The average molecular weight is 859 g/mol. The number of nitrogens with two attached hydrogens (primary N) is 2. The SMILES string of the molecule is CCOc1nc(N)nc2c1ncn2[C@@H]1O[C@@H]2COP(=O)(OC(C)C)O[C@H]2[C@@]1(C)O.CCOc1nc(N)nc2c1ncn2[C@@H]1O[C@@H]2COP(=O)(OC(C)C)O[C@H]2[C@@]1(C)O. The Morgan fingerprint density at radius 3 is 1.47 bits per heavy atom. The molecule has 58 heavy (non-hydrogen) atoms. The van der Waals surface area contributed by atoms with Crippen LogP contribution < -0.4 is 20.9 Å². The summed E-state index contributed by atoms with van der Waals surface area (Å²) in [4.78, 5) is 25.1. The van der Waals surface area contributed by atoms with E-state index in [0.717, 1.165) is 0 Å². The fourth-order valence-corrected chi connectivity index (χ4v) is 10.3. The quantitative estimate of drug-likeness (QED) is 0.167. The molecule has 8 rings (SSSR count). The molecule has 0 bridgehead atoms. The maximum atomic E-state index is 12.7. The Kier molecular flexibility index (Phi) is 11.5. The lowest BCUT2D eigenvalue weighted by atomic mass is 9.96. The molecule has 26 heteroatoms. The number of nitrogen functional groups attached to an aromatic ring is 2. The van der Waals surface area contributed by atoms with Crippen molar-refractivity contribution >= 4 is 49.9 Å². The summed E-state index contributed by atoms with van der Waals surface area (Å²) < 4.78 is 83.8. The first-order valence-electron chi connectivity index (χ1n) is 18.5. The third kappa shape index (κ3) is 7.88. The van der Waals surface area contributed by atoms with Crippen molar-refractivity contribution in [2.45, 2.75) is 116 Å². The van der Waals surface area contributed by atoms with Gasteiger partial charge in [-0.2, -0.15) is 19.9 Å². The fourth-order valence-electron chi connectivity index (χ4n) is 7.01. The molecule has 10 atom stereocenters. The zero-order chi connectivity index (χ0) is 41.9. The molecule has 4 aromatic heterocycles. The Morgan fingerprint density at radius 2 is 1.12 bits per heavy atom. The van der Waals surface area contributed by atoms with Gasteiger partial charge in [-0.1, -0.05) is 0 Å². The van der Waals surface area contributed by atoms with Gasteiger partial charge in [-0.25, -0.2) is 19.1 Å². The van der Waals surface area contributed by atoms with Gasteiger partial charge in [0.1, 0.15) is 35.6 Å². The Labute approximate surface area is 332 Å².